The Labute approximate surface area is 177 Å². The van der Waals surface area contributed by atoms with Gasteiger partial charge in [0.1, 0.15) is 5.39 Å². The SMILES string of the molecule is Cc1ccc(S(=O)(=O)CCC(=O)Nc2ccccc2-n2ncc3c(=O)[nH]cnc32)cc1. The summed E-state index contributed by atoms with van der Waals surface area (Å²) in [5, 5.41) is 7.26. The number of nitrogens with one attached hydrogen (secondary N) is 2. The Kier molecular flexibility index (Phi) is 5.38. The summed E-state index contributed by atoms with van der Waals surface area (Å²) < 4.78 is 26.4. The molecule has 0 saturated carbocycles. The molecule has 4 aromatic rings. The van der Waals surface area contributed by atoms with Crippen molar-refractivity contribution in [3.05, 3.63) is 77.0 Å². The second-order valence-electron chi connectivity index (χ2n) is 6.97. The number of H-pyrrole nitrogens is 1. The number of aromatic amines is 1. The quantitative estimate of drug-likeness (QED) is 0.476. The second-order valence-corrected chi connectivity index (χ2v) is 9.08. The predicted octanol–water partition coefficient (Wildman–Crippen LogP) is 2.22. The maximum absolute atomic E-state index is 12.5. The normalized spacial score (nSPS) is 11.5. The molecule has 0 aliphatic rings. The van der Waals surface area contributed by atoms with Crippen molar-refractivity contribution in [1.29, 1.82) is 0 Å². The Bertz CT molecular complexity index is 1420. The number of fused-ring (bicyclic) bond motifs is 1. The number of para-hydroxylation sites is 2. The molecule has 0 radical (unpaired) electrons. The minimum atomic E-state index is -3.58. The first-order chi connectivity index (χ1) is 14.8. The highest BCUT2D eigenvalue weighted by Crippen LogP contribution is 2.22. The van der Waals surface area contributed by atoms with Gasteiger partial charge in [-0.1, -0.05) is 29.8 Å². The molecule has 4 rings (SSSR count). The number of benzene rings is 2. The lowest BCUT2D eigenvalue weighted by molar-refractivity contribution is -0.115. The fourth-order valence-corrected chi connectivity index (χ4v) is 4.34. The van der Waals surface area contributed by atoms with Gasteiger partial charge in [0.15, 0.2) is 15.5 Å². The van der Waals surface area contributed by atoms with Crippen LogP contribution in [0.1, 0.15) is 12.0 Å². The summed E-state index contributed by atoms with van der Waals surface area (Å²) in [7, 11) is -3.58. The van der Waals surface area contributed by atoms with E-state index in [4.69, 9.17) is 0 Å². The average Bonchev–Trinajstić information content (AvgIpc) is 3.18. The van der Waals surface area contributed by atoms with Crippen LogP contribution in [0.2, 0.25) is 0 Å². The van der Waals surface area contributed by atoms with Crippen LogP contribution in [0.4, 0.5) is 5.69 Å². The molecule has 0 fully saturated rings. The predicted molar refractivity (Wildman–Crippen MR) is 116 cm³/mol. The molecule has 2 aromatic carbocycles. The summed E-state index contributed by atoms with van der Waals surface area (Å²) in [4.78, 5) is 31.3. The number of hydrogen-bond donors (Lipinski definition) is 2. The summed E-state index contributed by atoms with van der Waals surface area (Å²) in [6.07, 6.45) is 2.47. The summed E-state index contributed by atoms with van der Waals surface area (Å²) in [5.41, 5.74) is 1.90. The Morgan fingerprint density at radius 2 is 1.87 bits per heavy atom. The van der Waals surface area contributed by atoms with E-state index in [9.17, 15) is 18.0 Å². The Morgan fingerprint density at radius 1 is 1.13 bits per heavy atom. The molecule has 31 heavy (non-hydrogen) atoms. The first kappa shape index (κ1) is 20.5. The van der Waals surface area contributed by atoms with E-state index >= 15 is 0 Å². The van der Waals surface area contributed by atoms with Crippen LogP contribution in [-0.2, 0) is 14.6 Å². The van der Waals surface area contributed by atoms with Gasteiger partial charge in [-0.05, 0) is 31.2 Å². The van der Waals surface area contributed by atoms with E-state index in [0.717, 1.165) is 5.56 Å². The number of hydrogen-bond acceptors (Lipinski definition) is 6. The number of amides is 1. The third-order valence-corrected chi connectivity index (χ3v) is 6.49. The molecular formula is C21H19N5O4S. The molecule has 0 aliphatic heterocycles. The topological polar surface area (TPSA) is 127 Å². The zero-order valence-corrected chi connectivity index (χ0v) is 17.4. The highest BCUT2D eigenvalue weighted by molar-refractivity contribution is 7.91. The highest BCUT2D eigenvalue weighted by Gasteiger charge is 2.18. The standard InChI is InChI=1S/C21H19N5O4S/c1-14-6-8-15(9-7-14)31(29,30)11-10-19(27)25-17-4-2-3-5-18(17)26-20-16(12-24-26)21(28)23-13-22-20/h2-9,12-13H,10-11H2,1H3,(H,25,27)(H,22,23,28). The third-order valence-electron chi connectivity index (χ3n) is 4.76. The number of rotatable bonds is 6. The van der Waals surface area contributed by atoms with Crippen molar-refractivity contribution in [1.82, 2.24) is 19.7 Å². The first-order valence-electron chi connectivity index (χ1n) is 9.45. The van der Waals surface area contributed by atoms with Gasteiger partial charge >= 0.3 is 0 Å². The van der Waals surface area contributed by atoms with Crippen LogP contribution >= 0.6 is 0 Å². The van der Waals surface area contributed by atoms with Crippen molar-refractivity contribution in [3.8, 4) is 5.69 Å². The van der Waals surface area contributed by atoms with Crippen LogP contribution in [0, 0.1) is 6.92 Å². The Hall–Kier alpha value is -3.79. The molecule has 0 bridgehead atoms. The van der Waals surface area contributed by atoms with E-state index in [1.165, 1.54) is 29.3 Å². The number of carbonyl (C=O) groups is 1. The third kappa shape index (κ3) is 4.24. The van der Waals surface area contributed by atoms with Crippen LogP contribution in [0.15, 0.2) is 70.7 Å². The van der Waals surface area contributed by atoms with Gasteiger partial charge in [0.2, 0.25) is 5.91 Å². The van der Waals surface area contributed by atoms with Gasteiger partial charge in [0.25, 0.3) is 5.56 Å². The van der Waals surface area contributed by atoms with Gasteiger partial charge in [-0.2, -0.15) is 5.10 Å². The Balaban J connectivity index is 1.54. The molecular weight excluding hydrogens is 418 g/mol. The zero-order valence-electron chi connectivity index (χ0n) is 16.6. The van der Waals surface area contributed by atoms with E-state index in [1.807, 2.05) is 6.92 Å². The molecule has 0 atom stereocenters. The van der Waals surface area contributed by atoms with Crippen molar-refractivity contribution >= 4 is 32.5 Å². The van der Waals surface area contributed by atoms with E-state index in [2.05, 4.69) is 20.4 Å². The molecule has 9 nitrogen and oxygen atoms in total. The van der Waals surface area contributed by atoms with Gasteiger partial charge in [-0.25, -0.2) is 18.1 Å². The molecule has 0 spiro atoms. The van der Waals surface area contributed by atoms with Gasteiger partial charge in [0.05, 0.1) is 34.5 Å². The van der Waals surface area contributed by atoms with Crippen molar-refractivity contribution < 1.29 is 13.2 Å². The maximum Gasteiger partial charge on any atom is 0.261 e. The van der Waals surface area contributed by atoms with Crippen molar-refractivity contribution in [2.75, 3.05) is 11.1 Å². The van der Waals surface area contributed by atoms with E-state index in [1.54, 1.807) is 36.4 Å². The van der Waals surface area contributed by atoms with Crippen LogP contribution < -0.4 is 10.9 Å². The molecule has 0 aliphatic carbocycles. The minimum absolute atomic E-state index is 0.186. The molecule has 0 unspecified atom stereocenters. The van der Waals surface area contributed by atoms with Crippen LogP contribution in [0.5, 0.6) is 0 Å². The van der Waals surface area contributed by atoms with Gasteiger partial charge in [-0.3, -0.25) is 9.59 Å². The number of anilines is 1. The fourth-order valence-electron chi connectivity index (χ4n) is 3.10. The van der Waals surface area contributed by atoms with Crippen molar-refractivity contribution in [2.24, 2.45) is 0 Å². The fraction of sp³-hybridized carbons (Fsp3) is 0.143. The number of aryl methyl sites for hydroxylation is 1. The monoisotopic (exact) mass is 437 g/mol. The van der Waals surface area contributed by atoms with Gasteiger partial charge in [-0.15, -0.1) is 0 Å². The molecule has 2 aromatic heterocycles. The largest absolute Gasteiger partial charge is 0.324 e. The zero-order chi connectivity index (χ0) is 22.0. The van der Waals surface area contributed by atoms with E-state index in [-0.39, 0.29) is 22.6 Å². The molecule has 0 saturated heterocycles. The lowest BCUT2D eigenvalue weighted by Gasteiger charge is -2.12. The second kappa shape index (κ2) is 8.15. The smallest absolute Gasteiger partial charge is 0.261 e. The molecule has 2 heterocycles. The van der Waals surface area contributed by atoms with Crippen LogP contribution in [0.3, 0.4) is 0 Å². The van der Waals surface area contributed by atoms with Crippen LogP contribution in [-0.4, -0.2) is 39.8 Å². The first-order valence-corrected chi connectivity index (χ1v) is 11.1. The van der Waals surface area contributed by atoms with Crippen LogP contribution in [0.25, 0.3) is 16.7 Å². The summed E-state index contributed by atoms with van der Waals surface area (Å²) in [6, 6.07) is 13.4. The molecule has 1 amide bonds. The number of nitrogens with zero attached hydrogens (tertiary/aromatic N) is 3. The number of carbonyl (C=O) groups excluding carboxylic acids is 1. The molecule has 158 valence electrons. The minimum Gasteiger partial charge on any atom is -0.324 e. The summed E-state index contributed by atoms with van der Waals surface area (Å²) >= 11 is 0. The Morgan fingerprint density at radius 3 is 2.65 bits per heavy atom. The van der Waals surface area contributed by atoms with Crippen molar-refractivity contribution in [2.45, 2.75) is 18.2 Å². The van der Waals surface area contributed by atoms with Gasteiger partial charge < -0.3 is 10.3 Å². The average molecular weight is 437 g/mol. The molecule has 2 N–H and O–H groups in total. The van der Waals surface area contributed by atoms with E-state index < -0.39 is 15.7 Å². The molecule has 10 heteroatoms. The number of aromatic nitrogens is 4. The lowest BCUT2D eigenvalue weighted by atomic mass is 10.2. The summed E-state index contributed by atoms with van der Waals surface area (Å²) in [6.45, 7) is 1.87. The van der Waals surface area contributed by atoms with Crippen molar-refractivity contribution in [3.63, 3.8) is 0 Å². The highest BCUT2D eigenvalue weighted by atomic mass is 32.2. The lowest BCUT2D eigenvalue weighted by Crippen LogP contribution is -2.18. The maximum atomic E-state index is 12.5. The van der Waals surface area contributed by atoms with Gasteiger partial charge in [0, 0.05) is 6.42 Å². The summed E-state index contributed by atoms with van der Waals surface area (Å²) in [5.74, 6) is -0.767. The van der Waals surface area contributed by atoms with E-state index in [0.29, 0.717) is 22.4 Å². The number of sulfone groups is 1.